The third-order valence-corrected chi connectivity index (χ3v) is 6.91. The van der Waals surface area contributed by atoms with Gasteiger partial charge in [0, 0.05) is 28.6 Å². The Labute approximate surface area is 161 Å². The van der Waals surface area contributed by atoms with Crippen LogP contribution in [0.2, 0.25) is 5.02 Å². The Morgan fingerprint density at radius 3 is 2.77 bits per heavy atom. The van der Waals surface area contributed by atoms with Crippen LogP contribution in [0.15, 0.2) is 63.6 Å². The maximum Gasteiger partial charge on any atom is 0.247 e. The lowest BCUT2D eigenvalue weighted by molar-refractivity contribution is 0.386. The summed E-state index contributed by atoms with van der Waals surface area (Å²) in [7, 11) is -2.37. The summed E-state index contributed by atoms with van der Waals surface area (Å²) in [5.74, 6) is 0.266. The molecule has 0 N–H and O–H groups in total. The normalized spacial score (nSPS) is 11.8. The zero-order chi connectivity index (χ0) is 18.6. The van der Waals surface area contributed by atoms with Crippen molar-refractivity contribution in [1.82, 2.24) is 4.31 Å². The van der Waals surface area contributed by atoms with Crippen LogP contribution < -0.4 is 4.74 Å². The summed E-state index contributed by atoms with van der Waals surface area (Å²) < 4.78 is 38.4. The molecule has 0 radical (unpaired) electrons. The fraction of sp³-hybridized carbons (Fsp3) is 0.222. The first kappa shape index (κ1) is 19.0. The van der Waals surface area contributed by atoms with Crippen molar-refractivity contribution in [3.05, 3.63) is 69.8 Å². The van der Waals surface area contributed by atoms with E-state index in [0.29, 0.717) is 18.0 Å². The van der Waals surface area contributed by atoms with Gasteiger partial charge in [0.25, 0.3) is 0 Å². The molecule has 1 aromatic carbocycles. The number of nitrogens with zero attached hydrogens (tertiary/aromatic N) is 1. The second-order valence-corrected chi connectivity index (χ2v) is 8.97. The highest BCUT2D eigenvalue weighted by Crippen LogP contribution is 2.30. The maximum absolute atomic E-state index is 13.3. The van der Waals surface area contributed by atoms with Gasteiger partial charge < -0.3 is 9.15 Å². The van der Waals surface area contributed by atoms with Crippen LogP contribution in [0.4, 0.5) is 0 Å². The zero-order valence-electron chi connectivity index (χ0n) is 14.1. The first-order chi connectivity index (χ1) is 12.5. The number of ether oxygens (including phenoxy) is 1. The van der Waals surface area contributed by atoms with Crippen molar-refractivity contribution in [2.75, 3.05) is 13.7 Å². The fourth-order valence-corrected chi connectivity index (χ4v) is 5.10. The lowest BCUT2D eigenvalue weighted by Crippen LogP contribution is -2.32. The molecule has 0 aliphatic heterocycles. The van der Waals surface area contributed by atoms with Gasteiger partial charge in [-0.15, -0.1) is 11.3 Å². The van der Waals surface area contributed by atoms with E-state index in [1.165, 1.54) is 23.7 Å². The monoisotopic (exact) mass is 411 g/mol. The molecule has 0 amide bonds. The number of hydrogen-bond donors (Lipinski definition) is 0. The first-order valence-electron chi connectivity index (χ1n) is 7.88. The van der Waals surface area contributed by atoms with E-state index in [1.807, 2.05) is 17.5 Å². The Morgan fingerprint density at radius 1 is 1.27 bits per heavy atom. The van der Waals surface area contributed by atoms with Gasteiger partial charge in [-0.3, -0.25) is 0 Å². The van der Waals surface area contributed by atoms with E-state index < -0.39 is 10.0 Å². The average Bonchev–Trinajstić information content (AvgIpc) is 3.32. The van der Waals surface area contributed by atoms with Crippen LogP contribution in [0, 0.1) is 0 Å². The quantitative estimate of drug-likeness (QED) is 0.550. The van der Waals surface area contributed by atoms with E-state index in [-0.39, 0.29) is 17.2 Å². The van der Waals surface area contributed by atoms with Crippen molar-refractivity contribution >= 4 is 33.0 Å². The van der Waals surface area contributed by atoms with Gasteiger partial charge in [-0.05, 0) is 42.1 Å². The van der Waals surface area contributed by atoms with E-state index >= 15 is 0 Å². The van der Waals surface area contributed by atoms with Crippen molar-refractivity contribution in [3.63, 3.8) is 0 Å². The third-order valence-electron chi connectivity index (χ3n) is 3.87. The second kappa shape index (κ2) is 8.26. The van der Waals surface area contributed by atoms with Crippen LogP contribution in [0.25, 0.3) is 0 Å². The average molecular weight is 412 g/mol. The Morgan fingerprint density at radius 2 is 2.12 bits per heavy atom. The van der Waals surface area contributed by atoms with Crippen LogP contribution in [-0.4, -0.2) is 26.4 Å². The van der Waals surface area contributed by atoms with Gasteiger partial charge in [-0.1, -0.05) is 17.7 Å². The van der Waals surface area contributed by atoms with Crippen LogP contribution in [-0.2, 0) is 23.0 Å². The van der Waals surface area contributed by atoms with Crippen molar-refractivity contribution < 1.29 is 17.6 Å². The minimum absolute atomic E-state index is 0.0576. The number of rotatable bonds is 8. The van der Waals surface area contributed by atoms with Crippen molar-refractivity contribution in [2.24, 2.45) is 0 Å². The molecule has 0 aliphatic rings. The van der Waals surface area contributed by atoms with Crippen LogP contribution in [0.5, 0.6) is 5.75 Å². The molecular weight excluding hydrogens is 394 g/mol. The van der Waals surface area contributed by atoms with E-state index in [2.05, 4.69) is 0 Å². The largest absolute Gasteiger partial charge is 0.495 e. The number of hydrogen-bond acceptors (Lipinski definition) is 5. The van der Waals surface area contributed by atoms with Crippen molar-refractivity contribution in [3.8, 4) is 5.75 Å². The van der Waals surface area contributed by atoms with E-state index in [9.17, 15) is 8.42 Å². The van der Waals surface area contributed by atoms with Gasteiger partial charge in [0.05, 0.1) is 19.6 Å². The van der Waals surface area contributed by atoms with Crippen molar-refractivity contribution in [2.45, 2.75) is 17.9 Å². The number of halogens is 1. The predicted molar refractivity (Wildman–Crippen MR) is 102 cm³/mol. The van der Waals surface area contributed by atoms with Gasteiger partial charge in [0.15, 0.2) is 0 Å². The summed E-state index contributed by atoms with van der Waals surface area (Å²) in [6.07, 6.45) is 3.69. The molecule has 5 nitrogen and oxygen atoms in total. The lowest BCUT2D eigenvalue weighted by Gasteiger charge is -2.22. The molecule has 138 valence electrons. The highest BCUT2D eigenvalue weighted by molar-refractivity contribution is 7.89. The number of benzene rings is 1. The van der Waals surface area contributed by atoms with Gasteiger partial charge in [-0.25, -0.2) is 8.42 Å². The minimum Gasteiger partial charge on any atom is -0.495 e. The van der Waals surface area contributed by atoms with Gasteiger partial charge >= 0.3 is 0 Å². The Balaban J connectivity index is 1.94. The smallest absolute Gasteiger partial charge is 0.247 e. The zero-order valence-corrected chi connectivity index (χ0v) is 16.5. The third kappa shape index (κ3) is 4.29. The van der Waals surface area contributed by atoms with Crippen molar-refractivity contribution in [1.29, 1.82) is 0 Å². The maximum atomic E-state index is 13.3. The highest BCUT2D eigenvalue weighted by Gasteiger charge is 2.28. The van der Waals surface area contributed by atoms with Crippen LogP contribution in [0.1, 0.15) is 10.4 Å². The van der Waals surface area contributed by atoms with Crippen LogP contribution >= 0.6 is 22.9 Å². The number of methoxy groups -OCH3 is 1. The molecule has 0 saturated carbocycles. The molecule has 0 atom stereocenters. The van der Waals surface area contributed by atoms with E-state index in [4.69, 9.17) is 20.8 Å². The van der Waals surface area contributed by atoms with Gasteiger partial charge in [0.1, 0.15) is 10.6 Å². The highest BCUT2D eigenvalue weighted by atomic mass is 35.5. The van der Waals surface area contributed by atoms with Crippen LogP contribution in [0.3, 0.4) is 0 Å². The summed E-state index contributed by atoms with van der Waals surface area (Å²) in [5, 5.41) is 2.32. The molecule has 2 aromatic heterocycles. The molecule has 0 saturated heterocycles. The molecule has 8 heteroatoms. The molecule has 3 aromatic rings. The fourth-order valence-electron chi connectivity index (χ4n) is 2.55. The molecule has 0 spiro atoms. The molecule has 26 heavy (non-hydrogen) atoms. The molecule has 0 bridgehead atoms. The molecule has 2 heterocycles. The van der Waals surface area contributed by atoms with E-state index in [1.54, 1.807) is 35.8 Å². The molecule has 0 fully saturated rings. The summed E-state index contributed by atoms with van der Waals surface area (Å²) in [5.41, 5.74) is 0.778. The summed E-state index contributed by atoms with van der Waals surface area (Å²) in [6.45, 7) is 0.545. The molecule has 0 aliphatic carbocycles. The van der Waals surface area contributed by atoms with Gasteiger partial charge in [0.2, 0.25) is 10.0 Å². The number of furan rings is 1. The molecule has 3 rings (SSSR count). The minimum atomic E-state index is -3.81. The number of thiophene rings is 1. The van der Waals surface area contributed by atoms with Gasteiger partial charge in [-0.2, -0.15) is 4.31 Å². The van der Waals surface area contributed by atoms with E-state index in [0.717, 1.165) is 10.4 Å². The Hall–Kier alpha value is -1.80. The topological polar surface area (TPSA) is 59.8 Å². The second-order valence-electron chi connectivity index (χ2n) is 5.59. The standard InChI is InChI=1S/C18H18ClNO4S2/c1-23-17-5-4-15(19)11-18(17)26(21,22)20(12-14-7-9-24-13-14)8-6-16-3-2-10-25-16/h2-5,7,9-11,13H,6,8,12H2,1H3. The lowest BCUT2D eigenvalue weighted by atomic mass is 10.3. The summed E-state index contributed by atoms with van der Waals surface area (Å²) >= 11 is 7.64. The summed E-state index contributed by atoms with van der Waals surface area (Å²) in [6, 6.07) is 10.3. The Kier molecular flexibility index (Phi) is 6.03. The summed E-state index contributed by atoms with van der Waals surface area (Å²) in [4.78, 5) is 1.18. The molecular formula is C18H18ClNO4S2. The number of sulfonamides is 1. The predicted octanol–water partition coefficient (Wildman–Crippen LogP) is 4.44. The SMILES string of the molecule is COc1ccc(Cl)cc1S(=O)(=O)N(CCc1cccs1)Cc1ccoc1. The first-order valence-corrected chi connectivity index (χ1v) is 10.6. The molecule has 0 unspecified atom stereocenters. The Bertz CT molecular complexity index is 938.